The molecule has 1 aromatic heterocycles. The molecule has 0 saturated heterocycles. The number of nitrogens with one attached hydrogen (secondary N) is 1. The Bertz CT molecular complexity index is 811. The lowest BCUT2D eigenvalue weighted by atomic mass is 10.1. The fourth-order valence-corrected chi connectivity index (χ4v) is 2.71. The maximum Gasteiger partial charge on any atom is 0.325 e. The molecule has 126 valence electrons. The number of aryl methyl sites for hydroxylation is 1. The van der Waals surface area contributed by atoms with Crippen molar-refractivity contribution in [2.45, 2.75) is 38.6 Å². The van der Waals surface area contributed by atoms with Gasteiger partial charge in [-0.25, -0.2) is 4.68 Å². The van der Waals surface area contributed by atoms with Gasteiger partial charge in [0.05, 0.1) is 23.1 Å². The predicted molar refractivity (Wildman–Crippen MR) is 89.9 cm³/mol. The van der Waals surface area contributed by atoms with Crippen LogP contribution >= 0.6 is 11.6 Å². The number of aliphatic carboxylic acids is 1. The third kappa shape index (κ3) is 3.14. The third-order valence-corrected chi connectivity index (χ3v) is 4.54. The van der Waals surface area contributed by atoms with Gasteiger partial charge in [-0.05, 0) is 44.4 Å². The number of amides is 1. The SMILES string of the molecule is Cc1ccc(-n2ncc(C(=O)N[C@@H](C)C(=O)O)c2C2CC2)cc1Cl. The van der Waals surface area contributed by atoms with Crippen molar-refractivity contribution in [2.24, 2.45) is 0 Å². The van der Waals surface area contributed by atoms with Crippen molar-refractivity contribution in [1.29, 1.82) is 0 Å². The minimum atomic E-state index is -1.07. The summed E-state index contributed by atoms with van der Waals surface area (Å²) in [6.45, 7) is 3.35. The molecule has 1 aliphatic rings. The number of carbonyl (C=O) groups is 2. The lowest BCUT2D eigenvalue weighted by molar-refractivity contribution is -0.138. The Kier molecular flexibility index (Phi) is 4.32. The Balaban J connectivity index is 1.98. The van der Waals surface area contributed by atoms with Crippen LogP contribution in [-0.2, 0) is 4.79 Å². The van der Waals surface area contributed by atoms with E-state index < -0.39 is 17.9 Å². The number of halogens is 1. The highest BCUT2D eigenvalue weighted by molar-refractivity contribution is 6.31. The molecule has 6 nitrogen and oxygen atoms in total. The van der Waals surface area contributed by atoms with E-state index in [2.05, 4.69) is 10.4 Å². The first kappa shape index (κ1) is 16.5. The van der Waals surface area contributed by atoms with E-state index in [0.29, 0.717) is 10.6 Å². The summed E-state index contributed by atoms with van der Waals surface area (Å²) >= 11 is 6.20. The molecule has 0 radical (unpaired) electrons. The zero-order valence-corrected chi connectivity index (χ0v) is 14.2. The second-order valence-electron chi connectivity index (χ2n) is 6.10. The van der Waals surface area contributed by atoms with Crippen molar-refractivity contribution in [2.75, 3.05) is 0 Å². The van der Waals surface area contributed by atoms with E-state index in [9.17, 15) is 9.59 Å². The smallest absolute Gasteiger partial charge is 0.325 e. The van der Waals surface area contributed by atoms with Crippen LogP contribution in [0.2, 0.25) is 5.02 Å². The molecule has 1 heterocycles. The minimum absolute atomic E-state index is 0.258. The zero-order chi connectivity index (χ0) is 17.4. The molecule has 0 spiro atoms. The van der Waals surface area contributed by atoms with Crippen molar-refractivity contribution in [1.82, 2.24) is 15.1 Å². The molecule has 7 heteroatoms. The molecule has 1 amide bonds. The molecule has 2 aromatic rings. The molecule has 0 unspecified atom stereocenters. The summed E-state index contributed by atoms with van der Waals surface area (Å²) in [5.41, 5.74) is 2.99. The van der Waals surface area contributed by atoms with Gasteiger partial charge in [-0.15, -0.1) is 0 Å². The second kappa shape index (κ2) is 6.28. The van der Waals surface area contributed by atoms with Gasteiger partial charge in [0.1, 0.15) is 6.04 Å². The highest BCUT2D eigenvalue weighted by Gasteiger charge is 2.33. The first-order valence-electron chi connectivity index (χ1n) is 7.76. The van der Waals surface area contributed by atoms with Gasteiger partial charge in [0, 0.05) is 10.9 Å². The van der Waals surface area contributed by atoms with Gasteiger partial charge in [0.25, 0.3) is 5.91 Å². The number of nitrogens with zero attached hydrogens (tertiary/aromatic N) is 2. The van der Waals surface area contributed by atoms with Gasteiger partial charge in [0.15, 0.2) is 0 Å². The fraction of sp³-hybridized carbons (Fsp3) is 0.353. The monoisotopic (exact) mass is 347 g/mol. The third-order valence-electron chi connectivity index (χ3n) is 4.13. The van der Waals surface area contributed by atoms with Crippen LogP contribution in [0.25, 0.3) is 5.69 Å². The average Bonchev–Trinajstić information content (AvgIpc) is 3.28. The first-order valence-corrected chi connectivity index (χ1v) is 8.14. The molecular weight excluding hydrogens is 330 g/mol. The molecule has 1 saturated carbocycles. The predicted octanol–water partition coefficient (Wildman–Crippen LogP) is 2.91. The number of hydrogen-bond donors (Lipinski definition) is 2. The number of carboxylic acids is 1. The summed E-state index contributed by atoms with van der Waals surface area (Å²) in [7, 11) is 0. The molecule has 3 rings (SSSR count). The quantitative estimate of drug-likeness (QED) is 0.871. The van der Waals surface area contributed by atoms with Crippen molar-refractivity contribution in [3.8, 4) is 5.69 Å². The van der Waals surface area contributed by atoms with Crippen LogP contribution in [0.15, 0.2) is 24.4 Å². The van der Waals surface area contributed by atoms with Gasteiger partial charge in [-0.3, -0.25) is 9.59 Å². The molecule has 24 heavy (non-hydrogen) atoms. The molecule has 0 bridgehead atoms. The van der Waals surface area contributed by atoms with Crippen molar-refractivity contribution >= 4 is 23.5 Å². The summed E-state index contributed by atoms with van der Waals surface area (Å²) in [5, 5.41) is 16.4. The topological polar surface area (TPSA) is 84.2 Å². The summed E-state index contributed by atoms with van der Waals surface area (Å²) < 4.78 is 1.73. The van der Waals surface area contributed by atoms with E-state index in [1.54, 1.807) is 4.68 Å². The molecule has 1 fully saturated rings. The van der Waals surface area contributed by atoms with Crippen LogP contribution in [0, 0.1) is 6.92 Å². The summed E-state index contributed by atoms with van der Waals surface area (Å²) in [4.78, 5) is 23.4. The van der Waals surface area contributed by atoms with Crippen LogP contribution in [0.3, 0.4) is 0 Å². The second-order valence-corrected chi connectivity index (χ2v) is 6.50. The molecule has 1 aromatic carbocycles. The summed E-state index contributed by atoms with van der Waals surface area (Å²) in [5.74, 6) is -1.24. The summed E-state index contributed by atoms with van der Waals surface area (Å²) in [6, 6.07) is 4.67. The van der Waals surface area contributed by atoms with Crippen LogP contribution in [0.4, 0.5) is 0 Å². The van der Waals surface area contributed by atoms with E-state index in [1.807, 2.05) is 25.1 Å². The Morgan fingerprint density at radius 3 is 2.71 bits per heavy atom. The Morgan fingerprint density at radius 2 is 2.12 bits per heavy atom. The van der Waals surface area contributed by atoms with E-state index >= 15 is 0 Å². The lowest BCUT2D eigenvalue weighted by Gasteiger charge is -2.12. The Morgan fingerprint density at radius 1 is 1.42 bits per heavy atom. The number of carboxylic acid groups (broad SMARTS) is 1. The molecule has 0 aliphatic heterocycles. The van der Waals surface area contributed by atoms with E-state index in [4.69, 9.17) is 16.7 Å². The van der Waals surface area contributed by atoms with Gasteiger partial charge in [-0.2, -0.15) is 5.10 Å². The highest BCUT2D eigenvalue weighted by atomic mass is 35.5. The van der Waals surface area contributed by atoms with Crippen molar-refractivity contribution < 1.29 is 14.7 Å². The fourth-order valence-electron chi connectivity index (χ4n) is 2.54. The summed E-state index contributed by atoms with van der Waals surface area (Å²) in [6.07, 6.45) is 3.46. The highest BCUT2D eigenvalue weighted by Crippen LogP contribution is 2.42. The number of aromatic nitrogens is 2. The minimum Gasteiger partial charge on any atom is -0.480 e. The van der Waals surface area contributed by atoms with Crippen LogP contribution in [0.5, 0.6) is 0 Å². The first-order chi connectivity index (χ1) is 11.4. The largest absolute Gasteiger partial charge is 0.480 e. The Hall–Kier alpha value is -2.34. The molecular formula is C17H18ClN3O3. The van der Waals surface area contributed by atoms with Gasteiger partial charge >= 0.3 is 5.97 Å². The zero-order valence-electron chi connectivity index (χ0n) is 13.4. The van der Waals surface area contributed by atoms with Gasteiger partial charge in [0.2, 0.25) is 0 Å². The molecule has 2 N–H and O–H groups in total. The van der Waals surface area contributed by atoms with Gasteiger partial charge < -0.3 is 10.4 Å². The van der Waals surface area contributed by atoms with Crippen LogP contribution in [-0.4, -0.2) is 32.8 Å². The van der Waals surface area contributed by atoms with Crippen molar-refractivity contribution in [3.05, 3.63) is 46.2 Å². The number of carbonyl (C=O) groups excluding carboxylic acids is 1. The molecule has 1 aliphatic carbocycles. The normalized spacial score (nSPS) is 15.1. The Labute approximate surface area is 144 Å². The van der Waals surface area contributed by atoms with E-state index in [-0.39, 0.29) is 5.92 Å². The van der Waals surface area contributed by atoms with Gasteiger partial charge in [-0.1, -0.05) is 17.7 Å². The maximum absolute atomic E-state index is 12.4. The average molecular weight is 348 g/mol. The van der Waals surface area contributed by atoms with Crippen LogP contribution < -0.4 is 5.32 Å². The number of benzene rings is 1. The number of hydrogen-bond acceptors (Lipinski definition) is 3. The van der Waals surface area contributed by atoms with E-state index in [1.165, 1.54) is 13.1 Å². The maximum atomic E-state index is 12.4. The standard InChI is InChI=1S/C17H18ClN3O3/c1-9-3-6-12(7-14(9)18)21-15(11-4-5-11)13(8-19-21)16(22)20-10(2)17(23)24/h3,6-8,10-11H,4-5H2,1-2H3,(H,20,22)(H,23,24)/t10-/m0/s1. The lowest BCUT2D eigenvalue weighted by Crippen LogP contribution is -2.38. The van der Waals surface area contributed by atoms with Crippen LogP contribution in [0.1, 0.15) is 47.3 Å². The molecule has 1 atom stereocenters. The number of rotatable bonds is 5. The van der Waals surface area contributed by atoms with E-state index in [0.717, 1.165) is 29.8 Å². The van der Waals surface area contributed by atoms with Crippen molar-refractivity contribution in [3.63, 3.8) is 0 Å².